The predicted octanol–water partition coefficient (Wildman–Crippen LogP) is 3.14. The number of benzene rings is 1. The maximum Gasteiger partial charge on any atom is 0.239 e. The first-order valence-corrected chi connectivity index (χ1v) is 9.23. The molecule has 2 heterocycles. The zero-order valence-electron chi connectivity index (χ0n) is 15.0. The van der Waals surface area contributed by atoms with E-state index in [1.807, 2.05) is 60.8 Å². The molecule has 132 valence electrons. The van der Waals surface area contributed by atoms with Crippen molar-refractivity contribution in [2.24, 2.45) is 0 Å². The Balaban J connectivity index is 1.85. The van der Waals surface area contributed by atoms with Crippen LogP contribution < -0.4 is 10.2 Å². The second-order valence-corrected chi connectivity index (χ2v) is 7.19. The molecule has 6 nitrogen and oxygen atoms in total. The van der Waals surface area contributed by atoms with Gasteiger partial charge in [0.05, 0.1) is 22.6 Å². The SMILES string of the molecule is CC[C@@H](C)NC(=O)CN(C)c1nc2c(s1)c(C)nn2-c1ccccc1. The molecule has 1 aromatic carbocycles. The van der Waals surface area contributed by atoms with Gasteiger partial charge in [0.2, 0.25) is 5.91 Å². The molecule has 0 unspecified atom stereocenters. The molecule has 1 atom stereocenters. The van der Waals surface area contributed by atoms with Gasteiger partial charge in [-0.15, -0.1) is 0 Å². The van der Waals surface area contributed by atoms with Gasteiger partial charge in [-0.05, 0) is 32.4 Å². The van der Waals surface area contributed by atoms with Crippen LogP contribution >= 0.6 is 11.3 Å². The monoisotopic (exact) mass is 357 g/mol. The molecule has 0 radical (unpaired) electrons. The number of nitrogens with zero attached hydrogens (tertiary/aromatic N) is 4. The van der Waals surface area contributed by atoms with E-state index >= 15 is 0 Å². The summed E-state index contributed by atoms with van der Waals surface area (Å²) < 4.78 is 2.91. The van der Waals surface area contributed by atoms with E-state index < -0.39 is 0 Å². The fourth-order valence-corrected chi connectivity index (χ4v) is 3.49. The standard InChI is InChI=1S/C18H23N5OS/c1-5-12(2)19-15(24)11-22(4)18-20-17-16(25-18)13(3)21-23(17)14-9-7-6-8-10-14/h6-10,12H,5,11H2,1-4H3,(H,19,24)/t12-/m1/s1. The van der Waals surface area contributed by atoms with Crippen molar-refractivity contribution in [3.8, 4) is 5.69 Å². The second kappa shape index (κ2) is 7.23. The zero-order chi connectivity index (χ0) is 18.0. The Kier molecular flexibility index (Phi) is 5.03. The van der Waals surface area contributed by atoms with E-state index in [0.29, 0.717) is 0 Å². The lowest BCUT2D eigenvalue weighted by Gasteiger charge is -2.17. The van der Waals surface area contributed by atoms with Crippen molar-refractivity contribution >= 4 is 32.7 Å². The minimum absolute atomic E-state index is 0.0116. The Labute approximate surface area is 151 Å². The fourth-order valence-electron chi connectivity index (χ4n) is 2.54. The van der Waals surface area contributed by atoms with Gasteiger partial charge in [-0.1, -0.05) is 36.5 Å². The minimum atomic E-state index is 0.0116. The van der Waals surface area contributed by atoms with Crippen molar-refractivity contribution in [3.05, 3.63) is 36.0 Å². The molecule has 0 fully saturated rings. The van der Waals surface area contributed by atoms with E-state index in [4.69, 9.17) is 4.98 Å². The van der Waals surface area contributed by atoms with E-state index in [-0.39, 0.29) is 18.5 Å². The highest BCUT2D eigenvalue weighted by molar-refractivity contribution is 7.22. The summed E-state index contributed by atoms with van der Waals surface area (Å²) in [6.45, 7) is 6.34. The molecule has 1 amide bonds. The molecular weight excluding hydrogens is 334 g/mol. The van der Waals surface area contributed by atoms with E-state index in [1.165, 1.54) is 0 Å². The van der Waals surface area contributed by atoms with Gasteiger partial charge in [-0.3, -0.25) is 4.79 Å². The number of fused-ring (bicyclic) bond motifs is 1. The van der Waals surface area contributed by atoms with E-state index in [1.54, 1.807) is 11.3 Å². The van der Waals surface area contributed by atoms with Crippen LogP contribution in [0.25, 0.3) is 16.0 Å². The van der Waals surface area contributed by atoms with Gasteiger partial charge in [0.1, 0.15) is 0 Å². The molecule has 0 spiro atoms. The molecule has 0 saturated heterocycles. The van der Waals surface area contributed by atoms with E-state index in [9.17, 15) is 4.79 Å². The summed E-state index contributed by atoms with van der Waals surface area (Å²) in [5.74, 6) is 0.0116. The molecule has 25 heavy (non-hydrogen) atoms. The summed E-state index contributed by atoms with van der Waals surface area (Å²) in [5, 5.41) is 8.40. The quantitative estimate of drug-likeness (QED) is 0.736. The van der Waals surface area contributed by atoms with Crippen molar-refractivity contribution < 1.29 is 4.79 Å². The van der Waals surface area contributed by atoms with Crippen molar-refractivity contribution in [1.29, 1.82) is 0 Å². The number of thiazole rings is 1. The number of anilines is 1. The predicted molar refractivity (Wildman–Crippen MR) is 103 cm³/mol. The van der Waals surface area contributed by atoms with Gasteiger partial charge in [-0.2, -0.15) is 10.1 Å². The third-order valence-electron chi connectivity index (χ3n) is 4.11. The highest BCUT2D eigenvalue weighted by Crippen LogP contribution is 2.31. The third kappa shape index (κ3) is 3.66. The zero-order valence-corrected chi connectivity index (χ0v) is 15.8. The lowest BCUT2D eigenvalue weighted by molar-refractivity contribution is -0.120. The number of aryl methyl sites for hydroxylation is 1. The van der Waals surface area contributed by atoms with Gasteiger partial charge in [-0.25, -0.2) is 4.68 Å². The molecule has 1 N–H and O–H groups in total. The Hall–Kier alpha value is -2.41. The topological polar surface area (TPSA) is 63.1 Å². The van der Waals surface area contributed by atoms with Crippen LogP contribution in [0.3, 0.4) is 0 Å². The number of carbonyl (C=O) groups is 1. The first-order chi connectivity index (χ1) is 12.0. The van der Waals surface area contributed by atoms with Crippen LogP contribution in [-0.2, 0) is 4.79 Å². The highest BCUT2D eigenvalue weighted by Gasteiger charge is 2.18. The molecule has 3 aromatic rings. The van der Waals surface area contributed by atoms with Gasteiger partial charge in [0.15, 0.2) is 10.8 Å². The number of likely N-dealkylation sites (N-methyl/N-ethyl adjacent to an activating group) is 1. The average molecular weight is 357 g/mol. The maximum absolute atomic E-state index is 12.1. The molecule has 0 bridgehead atoms. The molecule has 0 aliphatic heterocycles. The summed E-state index contributed by atoms with van der Waals surface area (Å²) in [7, 11) is 1.89. The normalized spacial score (nSPS) is 12.3. The molecule has 7 heteroatoms. The first kappa shape index (κ1) is 17.4. The average Bonchev–Trinajstić information content (AvgIpc) is 3.16. The summed E-state index contributed by atoms with van der Waals surface area (Å²) in [5.41, 5.74) is 2.76. The Morgan fingerprint density at radius 2 is 2.08 bits per heavy atom. The number of nitrogens with one attached hydrogen (secondary N) is 1. The number of rotatable bonds is 6. The number of para-hydroxylation sites is 1. The van der Waals surface area contributed by atoms with Crippen molar-refractivity contribution in [1.82, 2.24) is 20.1 Å². The fraction of sp³-hybridized carbons (Fsp3) is 0.389. The lowest BCUT2D eigenvalue weighted by Crippen LogP contribution is -2.39. The van der Waals surface area contributed by atoms with Gasteiger partial charge >= 0.3 is 0 Å². The maximum atomic E-state index is 12.1. The van der Waals surface area contributed by atoms with Crippen LogP contribution in [0, 0.1) is 6.92 Å². The number of hydrogen-bond donors (Lipinski definition) is 1. The molecule has 3 rings (SSSR count). The molecule has 0 aliphatic rings. The second-order valence-electron chi connectivity index (χ2n) is 6.21. The summed E-state index contributed by atoms with van der Waals surface area (Å²) >= 11 is 1.57. The Morgan fingerprint density at radius 1 is 1.36 bits per heavy atom. The minimum Gasteiger partial charge on any atom is -0.352 e. The van der Waals surface area contributed by atoms with Crippen LogP contribution in [0.15, 0.2) is 30.3 Å². The molecule has 2 aromatic heterocycles. The third-order valence-corrected chi connectivity index (χ3v) is 5.37. The highest BCUT2D eigenvalue weighted by atomic mass is 32.1. The van der Waals surface area contributed by atoms with Gasteiger partial charge in [0, 0.05) is 13.1 Å². The number of hydrogen-bond acceptors (Lipinski definition) is 5. The smallest absolute Gasteiger partial charge is 0.239 e. The van der Waals surface area contributed by atoms with Crippen LogP contribution in [0.2, 0.25) is 0 Å². The van der Waals surface area contributed by atoms with Crippen LogP contribution in [0.1, 0.15) is 26.0 Å². The van der Waals surface area contributed by atoms with Crippen LogP contribution in [0.4, 0.5) is 5.13 Å². The Morgan fingerprint density at radius 3 is 2.76 bits per heavy atom. The summed E-state index contributed by atoms with van der Waals surface area (Å²) in [6, 6.07) is 10.1. The Bertz CT molecular complexity index is 870. The van der Waals surface area contributed by atoms with Gasteiger partial charge < -0.3 is 10.2 Å². The van der Waals surface area contributed by atoms with E-state index in [0.717, 1.165) is 33.3 Å². The largest absolute Gasteiger partial charge is 0.352 e. The van der Waals surface area contributed by atoms with Gasteiger partial charge in [0.25, 0.3) is 0 Å². The van der Waals surface area contributed by atoms with Crippen LogP contribution in [-0.4, -0.2) is 40.3 Å². The number of aromatic nitrogens is 3. The molecular formula is C18H23N5OS. The first-order valence-electron chi connectivity index (χ1n) is 8.41. The summed E-state index contributed by atoms with van der Waals surface area (Å²) in [4.78, 5) is 18.7. The number of amides is 1. The van der Waals surface area contributed by atoms with E-state index in [2.05, 4.69) is 17.3 Å². The van der Waals surface area contributed by atoms with Crippen molar-refractivity contribution in [2.75, 3.05) is 18.5 Å². The molecule has 0 aliphatic carbocycles. The molecule has 0 saturated carbocycles. The van der Waals surface area contributed by atoms with Crippen molar-refractivity contribution in [2.45, 2.75) is 33.2 Å². The van der Waals surface area contributed by atoms with Crippen molar-refractivity contribution in [3.63, 3.8) is 0 Å². The summed E-state index contributed by atoms with van der Waals surface area (Å²) in [6.07, 6.45) is 0.919. The lowest BCUT2D eigenvalue weighted by atomic mass is 10.2. The number of carbonyl (C=O) groups excluding carboxylic acids is 1. The van der Waals surface area contributed by atoms with Crippen LogP contribution in [0.5, 0.6) is 0 Å².